The van der Waals surface area contributed by atoms with Gasteiger partial charge in [-0.25, -0.2) is 4.52 Å². The number of aryl methyl sites for hydroxylation is 2. The van der Waals surface area contributed by atoms with Crippen molar-refractivity contribution in [3.05, 3.63) is 23.4 Å². The number of pyridine rings is 1. The monoisotopic (exact) mass is 188 g/mol. The van der Waals surface area contributed by atoms with Gasteiger partial charge in [0.05, 0.1) is 5.52 Å². The summed E-state index contributed by atoms with van der Waals surface area (Å²) >= 11 is 0. The number of fused-ring (bicyclic) bond motifs is 3. The quantitative estimate of drug-likeness (QED) is 0.647. The fourth-order valence-electron chi connectivity index (χ4n) is 2.18. The van der Waals surface area contributed by atoms with E-state index in [1.807, 2.05) is 10.6 Å². The zero-order valence-electron chi connectivity index (χ0n) is 7.83. The van der Waals surface area contributed by atoms with Crippen LogP contribution in [0.1, 0.15) is 17.7 Å². The van der Waals surface area contributed by atoms with Crippen molar-refractivity contribution in [3.8, 4) is 0 Å². The summed E-state index contributed by atoms with van der Waals surface area (Å²) in [5.41, 5.74) is 15.7. The summed E-state index contributed by atoms with van der Waals surface area (Å²) in [4.78, 5) is 0. The summed E-state index contributed by atoms with van der Waals surface area (Å²) < 4.78 is 1.90. The van der Waals surface area contributed by atoms with Crippen LogP contribution in [0.15, 0.2) is 12.1 Å². The van der Waals surface area contributed by atoms with E-state index in [1.54, 1.807) is 0 Å². The van der Waals surface area contributed by atoms with Crippen molar-refractivity contribution in [3.63, 3.8) is 0 Å². The summed E-state index contributed by atoms with van der Waals surface area (Å²) in [6.07, 6.45) is 3.42. The lowest BCUT2D eigenvalue weighted by Gasteiger charge is -2.01. The molecule has 2 aromatic heterocycles. The van der Waals surface area contributed by atoms with Crippen LogP contribution in [0, 0.1) is 0 Å². The molecule has 0 aromatic carbocycles. The van der Waals surface area contributed by atoms with Crippen LogP contribution < -0.4 is 11.5 Å². The van der Waals surface area contributed by atoms with Gasteiger partial charge in [-0.05, 0) is 30.9 Å². The average Bonchev–Trinajstić information content (AvgIpc) is 2.73. The van der Waals surface area contributed by atoms with Gasteiger partial charge in [-0.2, -0.15) is 0 Å². The van der Waals surface area contributed by atoms with Crippen molar-refractivity contribution < 1.29 is 0 Å². The van der Waals surface area contributed by atoms with E-state index >= 15 is 0 Å². The Labute approximate surface area is 81.5 Å². The van der Waals surface area contributed by atoms with Crippen LogP contribution in [0.3, 0.4) is 0 Å². The Morgan fingerprint density at radius 3 is 2.93 bits per heavy atom. The fraction of sp³-hybridized carbons (Fsp3) is 0.300. The van der Waals surface area contributed by atoms with E-state index in [9.17, 15) is 0 Å². The second-order valence-electron chi connectivity index (χ2n) is 3.75. The van der Waals surface area contributed by atoms with Crippen LogP contribution in [0.2, 0.25) is 0 Å². The summed E-state index contributed by atoms with van der Waals surface area (Å²) in [6.45, 7) is 0. The minimum absolute atomic E-state index is 0.435. The predicted octanol–water partition coefficient (Wildman–Crippen LogP) is 0.987. The molecule has 0 spiro atoms. The zero-order chi connectivity index (χ0) is 9.71. The van der Waals surface area contributed by atoms with Crippen molar-refractivity contribution in [2.24, 2.45) is 0 Å². The molecule has 72 valence electrons. The van der Waals surface area contributed by atoms with Crippen molar-refractivity contribution in [2.75, 3.05) is 11.5 Å². The molecule has 4 nitrogen and oxygen atoms in total. The molecule has 3 rings (SSSR count). The molecule has 4 N–H and O–H groups in total. The van der Waals surface area contributed by atoms with Crippen LogP contribution in [0.25, 0.3) is 5.52 Å². The number of hydrogen-bond acceptors (Lipinski definition) is 3. The molecule has 0 saturated heterocycles. The third kappa shape index (κ3) is 0.801. The molecule has 0 amide bonds. The van der Waals surface area contributed by atoms with Crippen LogP contribution in [0.4, 0.5) is 11.5 Å². The minimum atomic E-state index is 0.435. The molecule has 0 bridgehead atoms. The molecule has 4 heteroatoms. The molecule has 0 atom stereocenters. The highest BCUT2D eigenvalue weighted by atomic mass is 15.3. The Bertz CT molecular complexity index is 512. The third-order valence-corrected chi connectivity index (χ3v) is 2.92. The van der Waals surface area contributed by atoms with E-state index in [4.69, 9.17) is 11.5 Å². The van der Waals surface area contributed by atoms with Gasteiger partial charge in [-0.3, -0.25) is 0 Å². The minimum Gasteiger partial charge on any atom is -0.394 e. The number of nitrogens with zero attached hydrogens (tertiary/aromatic N) is 2. The van der Waals surface area contributed by atoms with Gasteiger partial charge in [0, 0.05) is 5.69 Å². The van der Waals surface area contributed by atoms with E-state index in [0.717, 1.165) is 18.4 Å². The molecule has 1 aliphatic carbocycles. The maximum atomic E-state index is 5.82. The molecular formula is C10H12N4. The van der Waals surface area contributed by atoms with Gasteiger partial charge in [0.2, 0.25) is 0 Å². The highest BCUT2D eigenvalue weighted by molar-refractivity contribution is 5.79. The number of nitrogens with two attached hydrogens (primary N) is 2. The number of aromatic nitrogens is 2. The number of anilines is 2. The molecule has 14 heavy (non-hydrogen) atoms. The second-order valence-corrected chi connectivity index (χ2v) is 3.75. The maximum Gasteiger partial charge on any atom is 0.169 e. The Balaban J connectivity index is 2.44. The number of hydrogen-bond donors (Lipinski definition) is 2. The largest absolute Gasteiger partial charge is 0.394 e. The Kier molecular flexibility index (Phi) is 1.32. The predicted molar refractivity (Wildman–Crippen MR) is 56.0 cm³/mol. The van der Waals surface area contributed by atoms with Crippen molar-refractivity contribution in [1.29, 1.82) is 0 Å². The lowest BCUT2D eigenvalue weighted by atomic mass is 10.2. The van der Waals surface area contributed by atoms with Gasteiger partial charge in [0.1, 0.15) is 5.69 Å². The lowest BCUT2D eigenvalue weighted by molar-refractivity contribution is 0.846. The van der Waals surface area contributed by atoms with E-state index in [-0.39, 0.29) is 0 Å². The highest BCUT2D eigenvalue weighted by Crippen LogP contribution is 2.27. The van der Waals surface area contributed by atoms with Crippen molar-refractivity contribution in [1.82, 2.24) is 9.61 Å². The van der Waals surface area contributed by atoms with Gasteiger partial charge in [0.25, 0.3) is 0 Å². The summed E-state index contributed by atoms with van der Waals surface area (Å²) in [5.74, 6) is 0.435. The smallest absolute Gasteiger partial charge is 0.169 e. The molecule has 0 unspecified atom stereocenters. The lowest BCUT2D eigenvalue weighted by Crippen LogP contribution is -1.97. The van der Waals surface area contributed by atoms with Crippen LogP contribution in [-0.4, -0.2) is 9.61 Å². The van der Waals surface area contributed by atoms with E-state index in [2.05, 4.69) is 11.2 Å². The van der Waals surface area contributed by atoms with Gasteiger partial charge >= 0.3 is 0 Å². The molecular weight excluding hydrogens is 176 g/mol. The summed E-state index contributed by atoms with van der Waals surface area (Å²) in [6, 6.07) is 4.14. The topological polar surface area (TPSA) is 69.3 Å². The first-order chi connectivity index (χ1) is 6.77. The first-order valence-electron chi connectivity index (χ1n) is 4.82. The van der Waals surface area contributed by atoms with E-state index in [0.29, 0.717) is 11.5 Å². The number of rotatable bonds is 0. The Morgan fingerprint density at radius 1 is 1.21 bits per heavy atom. The average molecular weight is 188 g/mol. The first kappa shape index (κ1) is 7.67. The van der Waals surface area contributed by atoms with Gasteiger partial charge < -0.3 is 11.5 Å². The number of nitrogen functional groups attached to an aromatic ring is 2. The molecule has 2 heterocycles. The maximum absolute atomic E-state index is 5.82. The molecule has 0 radical (unpaired) electrons. The van der Waals surface area contributed by atoms with Crippen molar-refractivity contribution >= 4 is 17.0 Å². The Morgan fingerprint density at radius 2 is 2.07 bits per heavy atom. The first-order valence-corrected chi connectivity index (χ1v) is 4.82. The third-order valence-electron chi connectivity index (χ3n) is 2.92. The van der Waals surface area contributed by atoms with Gasteiger partial charge in [-0.1, -0.05) is 6.07 Å². The molecule has 0 fully saturated rings. The van der Waals surface area contributed by atoms with Crippen molar-refractivity contribution in [2.45, 2.75) is 19.3 Å². The zero-order valence-corrected chi connectivity index (χ0v) is 7.83. The SMILES string of the molecule is Nc1nn2c3c(ccc2c1N)CCC3. The van der Waals surface area contributed by atoms with E-state index < -0.39 is 0 Å². The summed E-state index contributed by atoms with van der Waals surface area (Å²) in [5, 5.41) is 4.25. The standard InChI is InChI=1S/C10H12N4/c11-9-8-5-4-6-2-1-3-7(6)14(8)13-10(9)12/h4-5H,1-3,11H2,(H2,12,13). The molecule has 2 aromatic rings. The second kappa shape index (κ2) is 2.41. The van der Waals surface area contributed by atoms with Crippen LogP contribution in [-0.2, 0) is 12.8 Å². The highest BCUT2D eigenvalue weighted by Gasteiger charge is 2.17. The molecule has 0 saturated carbocycles. The van der Waals surface area contributed by atoms with Crippen LogP contribution in [0.5, 0.6) is 0 Å². The Hall–Kier alpha value is -1.71. The van der Waals surface area contributed by atoms with Gasteiger partial charge in [0.15, 0.2) is 5.82 Å². The summed E-state index contributed by atoms with van der Waals surface area (Å²) in [7, 11) is 0. The fourth-order valence-corrected chi connectivity index (χ4v) is 2.18. The van der Waals surface area contributed by atoms with E-state index in [1.165, 1.54) is 17.7 Å². The molecule has 1 aliphatic rings. The normalized spacial score (nSPS) is 14.9. The van der Waals surface area contributed by atoms with Gasteiger partial charge in [-0.15, -0.1) is 5.10 Å². The molecule has 0 aliphatic heterocycles. The van der Waals surface area contributed by atoms with Crippen LogP contribution >= 0.6 is 0 Å².